The number of piperidine rings is 1. The van der Waals surface area contributed by atoms with E-state index in [1.54, 1.807) is 0 Å². The molecular weight excluding hydrogens is 270 g/mol. The number of amides is 1. The van der Waals surface area contributed by atoms with Crippen molar-refractivity contribution in [2.24, 2.45) is 23.2 Å². The average Bonchev–Trinajstić information content (AvgIpc) is 2.66. The molecule has 2 aliphatic heterocycles. The average molecular weight is 291 g/mol. The normalized spacial score (nSPS) is 43.8. The van der Waals surface area contributed by atoms with Crippen LogP contribution in [0, 0.1) is 23.2 Å². The third kappa shape index (κ3) is 1.54. The van der Waals surface area contributed by atoms with Crippen LogP contribution in [0.3, 0.4) is 0 Å². The molecule has 2 saturated heterocycles. The number of allylic oxidation sites excluding steroid dienone is 2. The monoisotopic (exact) mass is 291 g/mol. The molecule has 0 N–H and O–H groups in total. The molecule has 4 atom stereocenters. The maximum Gasteiger partial charge on any atom is 0.226 e. The van der Waals surface area contributed by atoms with Crippen LogP contribution in [-0.4, -0.2) is 34.6 Å². The minimum absolute atomic E-state index is 0.00488. The zero-order valence-electron chi connectivity index (χ0n) is 11.9. The molecule has 0 aromatic carbocycles. The summed E-state index contributed by atoms with van der Waals surface area (Å²) in [6.45, 7) is 3.06. The second-order valence-corrected chi connectivity index (χ2v) is 8.00. The maximum atomic E-state index is 12.6. The molecule has 4 rings (SSSR count). The first kappa shape index (κ1) is 12.9. The highest BCUT2D eigenvalue weighted by Crippen LogP contribution is 2.62. The Labute approximate surface area is 124 Å². The van der Waals surface area contributed by atoms with Crippen LogP contribution in [0.1, 0.15) is 32.6 Å². The predicted molar refractivity (Wildman–Crippen MR) is 79.2 cm³/mol. The topological polar surface area (TPSA) is 37.4 Å². The maximum absolute atomic E-state index is 12.6. The number of carbonyl (C=O) groups excluding carboxylic acids is 2. The Morgan fingerprint density at radius 2 is 2.25 bits per heavy atom. The lowest BCUT2D eigenvalue weighted by atomic mass is 9.60. The van der Waals surface area contributed by atoms with E-state index in [1.165, 1.54) is 5.70 Å². The third-order valence-electron chi connectivity index (χ3n) is 5.85. The molecule has 1 saturated carbocycles. The Balaban J connectivity index is 1.90. The number of thioether (sulfide) groups is 1. The van der Waals surface area contributed by atoms with E-state index in [9.17, 15) is 9.59 Å². The van der Waals surface area contributed by atoms with Gasteiger partial charge in [0.2, 0.25) is 5.91 Å². The van der Waals surface area contributed by atoms with Gasteiger partial charge in [-0.3, -0.25) is 9.59 Å². The van der Waals surface area contributed by atoms with Gasteiger partial charge in [-0.2, -0.15) is 11.8 Å². The second kappa shape index (κ2) is 4.36. The van der Waals surface area contributed by atoms with Crippen molar-refractivity contribution in [1.82, 2.24) is 4.90 Å². The van der Waals surface area contributed by atoms with Crippen molar-refractivity contribution in [2.45, 2.75) is 32.6 Å². The molecule has 1 spiro atoms. The molecule has 2 heterocycles. The highest BCUT2D eigenvalue weighted by atomic mass is 32.2. The summed E-state index contributed by atoms with van der Waals surface area (Å²) >= 11 is 1.86. The number of nitrogens with zero attached hydrogens (tertiary/aromatic N) is 1. The van der Waals surface area contributed by atoms with Crippen LogP contribution in [0.5, 0.6) is 0 Å². The molecule has 108 valence electrons. The fourth-order valence-electron chi connectivity index (χ4n) is 5.04. The van der Waals surface area contributed by atoms with Gasteiger partial charge in [0.25, 0.3) is 0 Å². The van der Waals surface area contributed by atoms with Crippen molar-refractivity contribution in [1.29, 1.82) is 0 Å². The first-order valence-corrected chi connectivity index (χ1v) is 8.91. The van der Waals surface area contributed by atoms with E-state index in [0.29, 0.717) is 24.0 Å². The SMILES string of the molecule is CC1C=C2N3CCSC[C@@H]4C(=O)CC(C1)C24CCC3=O. The van der Waals surface area contributed by atoms with E-state index in [-0.39, 0.29) is 17.2 Å². The van der Waals surface area contributed by atoms with Gasteiger partial charge in [0.15, 0.2) is 0 Å². The van der Waals surface area contributed by atoms with E-state index in [0.717, 1.165) is 37.3 Å². The van der Waals surface area contributed by atoms with Crippen LogP contribution in [0.2, 0.25) is 0 Å². The van der Waals surface area contributed by atoms with E-state index in [2.05, 4.69) is 13.0 Å². The fraction of sp³-hybridized carbons (Fsp3) is 0.750. The Hall–Kier alpha value is -0.770. The van der Waals surface area contributed by atoms with Crippen molar-refractivity contribution in [3.05, 3.63) is 11.8 Å². The molecule has 3 unspecified atom stereocenters. The van der Waals surface area contributed by atoms with Crippen LogP contribution < -0.4 is 0 Å². The van der Waals surface area contributed by atoms with Crippen LogP contribution in [0.25, 0.3) is 0 Å². The van der Waals surface area contributed by atoms with E-state index < -0.39 is 0 Å². The number of hydrogen-bond acceptors (Lipinski definition) is 3. The van der Waals surface area contributed by atoms with Crippen molar-refractivity contribution < 1.29 is 9.59 Å². The van der Waals surface area contributed by atoms with Gasteiger partial charge in [0.05, 0.1) is 0 Å². The summed E-state index contributed by atoms with van der Waals surface area (Å²) in [6.07, 6.45) is 5.72. The molecule has 4 aliphatic rings. The zero-order valence-corrected chi connectivity index (χ0v) is 12.7. The molecule has 20 heavy (non-hydrogen) atoms. The number of hydrogen-bond donors (Lipinski definition) is 0. The largest absolute Gasteiger partial charge is 0.315 e. The van der Waals surface area contributed by atoms with Gasteiger partial charge in [-0.1, -0.05) is 13.0 Å². The van der Waals surface area contributed by atoms with Crippen molar-refractivity contribution in [3.63, 3.8) is 0 Å². The molecule has 3 fully saturated rings. The van der Waals surface area contributed by atoms with Gasteiger partial charge in [0.1, 0.15) is 5.78 Å². The summed E-state index contributed by atoms with van der Waals surface area (Å²) in [5, 5.41) is 0. The predicted octanol–water partition coefficient (Wildman–Crippen LogP) is 2.47. The summed E-state index contributed by atoms with van der Waals surface area (Å²) < 4.78 is 0. The summed E-state index contributed by atoms with van der Waals surface area (Å²) in [6, 6.07) is 0. The molecule has 0 aromatic rings. The number of Topliss-reactive ketones (excluding diaryl/α,β-unsaturated/α-hetero) is 1. The Morgan fingerprint density at radius 3 is 3.10 bits per heavy atom. The first-order valence-electron chi connectivity index (χ1n) is 7.76. The molecule has 4 heteroatoms. The highest BCUT2D eigenvalue weighted by molar-refractivity contribution is 7.99. The summed E-state index contributed by atoms with van der Waals surface area (Å²) in [5.41, 5.74) is 1.24. The van der Waals surface area contributed by atoms with Crippen molar-refractivity contribution >= 4 is 23.5 Å². The summed E-state index contributed by atoms with van der Waals surface area (Å²) in [7, 11) is 0. The second-order valence-electron chi connectivity index (χ2n) is 6.85. The van der Waals surface area contributed by atoms with Gasteiger partial charge >= 0.3 is 0 Å². The highest BCUT2D eigenvalue weighted by Gasteiger charge is 2.61. The molecule has 1 amide bonds. The standard InChI is InChI=1S/C16H21NO2S/c1-10-6-11-8-13(18)12-9-20-5-4-17-14(7-10)16(11,12)3-2-15(17)19/h7,10-12H,2-6,8-9H2,1H3/t10?,11?,12-,16?/m1/s1. The Bertz CT molecular complexity index is 515. The molecule has 2 bridgehead atoms. The minimum Gasteiger partial charge on any atom is -0.315 e. The molecular formula is C16H21NO2S. The molecule has 0 radical (unpaired) electrons. The van der Waals surface area contributed by atoms with Gasteiger partial charge in [-0.25, -0.2) is 0 Å². The first-order chi connectivity index (χ1) is 9.63. The smallest absolute Gasteiger partial charge is 0.226 e. The van der Waals surface area contributed by atoms with Gasteiger partial charge in [-0.15, -0.1) is 0 Å². The van der Waals surface area contributed by atoms with Crippen molar-refractivity contribution in [3.8, 4) is 0 Å². The Morgan fingerprint density at radius 1 is 1.40 bits per heavy atom. The van der Waals surface area contributed by atoms with Gasteiger partial charge < -0.3 is 4.90 Å². The lowest BCUT2D eigenvalue weighted by Gasteiger charge is -2.52. The van der Waals surface area contributed by atoms with E-state index in [1.807, 2.05) is 16.7 Å². The quantitative estimate of drug-likeness (QED) is 0.688. The van der Waals surface area contributed by atoms with Gasteiger partial charge in [-0.05, 0) is 24.7 Å². The minimum atomic E-state index is 0.00488. The van der Waals surface area contributed by atoms with Crippen LogP contribution in [0.15, 0.2) is 11.8 Å². The molecule has 0 aromatic heterocycles. The number of carbonyl (C=O) groups is 2. The zero-order chi connectivity index (χ0) is 13.9. The molecule has 3 nitrogen and oxygen atoms in total. The fourth-order valence-corrected chi connectivity index (χ4v) is 6.23. The lowest BCUT2D eigenvalue weighted by molar-refractivity contribution is -0.136. The summed E-state index contributed by atoms with van der Waals surface area (Å²) in [4.78, 5) is 26.9. The number of ketones is 1. The van der Waals surface area contributed by atoms with Gasteiger partial charge in [0, 0.05) is 47.9 Å². The van der Waals surface area contributed by atoms with Crippen molar-refractivity contribution in [2.75, 3.05) is 18.1 Å². The van der Waals surface area contributed by atoms with Crippen LogP contribution in [-0.2, 0) is 9.59 Å². The third-order valence-corrected chi connectivity index (χ3v) is 6.89. The van der Waals surface area contributed by atoms with E-state index >= 15 is 0 Å². The van der Waals surface area contributed by atoms with E-state index in [4.69, 9.17) is 0 Å². The lowest BCUT2D eigenvalue weighted by Crippen LogP contribution is -2.53. The van der Waals surface area contributed by atoms with Crippen LogP contribution >= 0.6 is 11.8 Å². The Kier molecular flexibility index (Phi) is 2.82. The molecule has 2 aliphatic carbocycles. The van der Waals surface area contributed by atoms with Crippen LogP contribution in [0.4, 0.5) is 0 Å². The summed E-state index contributed by atoms with van der Waals surface area (Å²) in [5.74, 6) is 3.78. The number of rotatable bonds is 0.